The van der Waals surface area contributed by atoms with Crippen LogP contribution < -0.4 is 10.9 Å². The van der Waals surface area contributed by atoms with Gasteiger partial charge in [-0.25, -0.2) is 9.31 Å². The van der Waals surface area contributed by atoms with Gasteiger partial charge in [-0.2, -0.15) is 5.10 Å². The van der Waals surface area contributed by atoms with Crippen molar-refractivity contribution in [1.29, 1.82) is 0 Å². The second-order valence-corrected chi connectivity index (χ2v) is 7.69. The molecule has 174 valence electrons. The first-order valence-electron chi connectivity index (χ1n) is 10.8. The Hall–Kier alpha value is -4.24. The molecule has 2 aromatic carbocycles. The van der Waals surface area contributed by atoms with Gasteiger partial charge in [0.15, 0.2) is 0 Å². The van der Waals surface area contributed by atoms with Crippen LogP contribution in [0.1, 0.15) is 28.4 Å². The van der Waals surface area contributed by atoms with Crippen LogP contribution in [0.3, 0.4) is 0 Å². The fourth-order valence-corrected chi connectivity index (χ4v) is 3.69. The maximum atomic E-state index is 13.2. The highest BCUT2D eigenvalue weighted by Gasteiger charge is 2.19. The van der Waals surface area contributed by atoms with Crippen LogP contribution in [-0.2, 0) is 22.7 Å². The number of rotatable bonds is 7. The summed E-state index contributed by atoms with van der Waals surface area (Å²) in [6, 6.07) is 14.1. The molecule has 0 radical (unpaired) electrons. The number of benzene rings is 2. The molecule has 4 aromatic rings. The predicted octanol–water partition coefficient (Wildman–Crippen LogP) is 2.78. The molecule has 0 aliphatic rings. The van der Waals surface area contributed by atoms with Gasteiger partial charge in [-0.3, -0.25) is 9.59 Å². The summed E-state index contributed by atoms with van der Waals surface area (Å²) in [6.45, 7) is 3.20. The standard InChI is InChI=1S/C25H24N4O5/c1-3-34-25(33)18-6-4-5-7-20(18)26-21(31)14-28-12-13-29-23(24(28)32)19(15-30)22(27-29)17-10-8-16(2)9-11-17/h4-13,30H,3,14-15H2,1-2H3,(H,26,31). The second kappa shape index (κ2) is 9.72. The number of aliphatic hydroxyl groups excluding tert-OH is 1. The van der Waals surface area contributed by atoms with Crippen molar-refractivity contribution in [2.75, 3.05) is 11.9 Å². The van der Waals surface area contributed by atoms with Crippen LogP contribution in [0.4, 0.5) is 5.69 Å². The smallest absolute Gasteiger partial charge is 0.340 e. The average molecular weight is 460 g/mol. The number of esters is 1. The van der Waals surface area contributed by atoms with Gasteiger partial charge in [0.1, 0.15) is 12.1 Å². The molecule has 0 spiro atoms. The Bertz CT molecular complexity index is 1420. The molecular weight excluding hydrogens is 436 g/mol. The predicted molar refractivity (Wildman–Crippen MR) is 127 cm³/mol. The summed E-state index contributed by atoms with van der Waals surface area (Å²) in [6.07, 6.45) is 3.02. The second-order valence-electron chi connectivity index (χ2n) is 7.69. The number of carbonyl (C=O) groups excluding carboxylic acids is 2. The van der Waals surface area contributed by atoms with Crippen molar-refractivity contribution in [3.05, 3.63) is 88.0 Å². The van der Waals surface area contributed by atoms with Gasteiger partial charge in [0, 0.05) is 23.5 Å². The monoisotopic (exact) mass is 460 g/mol. The van der Waals surface area contributed by atoms with Gasteiger partial charge in [0.25, 0.3) is 5.56 Å². The highest BCUT2D eigenvalue weighted by atomic mass is 16.5. The summed E-state index contributed by atoms with van der Waals surface area (Å²) in [5.74, 6) is -1.04. The number of aryl methyl sites for hydroxylation is 1. The molecular formula is C25H24N4O5. The minimum atomic E-state index is -0.549. The van der Waals surface area contributed by atoms with Gasteiger partial charge >= 0.3 is 5.97 Å². The number of para-hydroxylation sites is 1. The Morgan fingerprint density at radius 2 is 1.82 bits per heavy atom. The molecule has 4 rings (SSSR count). The molecule has 2 N–H and O–H groups in total. The topological polar surface area (TPSA) is 115 Å². The first kappa shape index (κ1) is 22.9. The van der Waals surface area contributed by atoms with E-state index in [2.05, 4.69) is 10.4 Å². The number of aliphatic hydroxyl groups is 1. The van der Waals surface area contributed by atoms with Gasteiger partial charge in [-0.05, 0) is 26.0 Å². The van der Waals surface area contributed by atoms with Crippen LogP contribution in [0, 0.1) is 6.92 Å². The lowest BCUT2D eigenvalue weighted by molar-refractivity contribution is -0.116. The SMILES string of the molecule is CCOC(=O)c1ccccc1NC(=O)Cn1ccn2nc(-c3ccc(C)cc3)c(CO)c2c1=O. The number of carbonyl (C=O) groups is 2. The van der Waals surface area contributed by atoms with Crippen LogP contribution >= 0.6 is 0 Å². The maximum Gasteiger partial charge on any atom is 0.340 e. The summed E-state index contributed by atoms with van der Waals surface area (Å²) >= 11 is 0. The zero-order valence-corrected chi connectivity index (χ0v) is 18.8. The maximum absolute atomic E-state index is 13.2. The lowest BCUT2D eigenvalue weighted by atomic mass is 10.1. The van der Waals surface area contributed by atoms with E-state index in [9.17, 15) is 19.5 Å². The Labute approximate surface area is 195 Å². The number of nitrogens with zero attached hydrogens (tertiary/aromatic N) is 3. The van der Waals surface area contributed by atoms with Crippen molar-refractivity contribution in [1.82, 2.24) is 14.2 Å². The van der Waals surface area contributed by atoms with Crippen LogP contribution in [0.15, 0.2) is 65.7 Å². The fraction of sp³-hybridized carbons (Fsp3) is 0.200. The Balaban J connectivity index is 1.64. The van der Waals surface area contributed by atoms with Crippen LogP contribution in [0.5, 0.6) is 0 Å². The van der Waals surface area contributed by atoms with Crippen molar-refractivity contribution in [3.63, 3.8) is 0 Å². The number of aromatic nitrogens is 3. The molecule has 0 aliphatic heterocycles. The summed E-state index contributed by atoms with van der Waals surface area (Å²) in [4.78, 5) is 38.1. The minimum absolute atomic E-state index is 0.195. The Morgan fingerprint density at radius 1 is 1.09 bits per heavy atom. The van der Waals surface area contributed by atoms with Gasteiger partial charge < -0.3 is 19.7 Å². The van der Waals surface area contributed by atoms with E-state index in [1.165, 1.54) is 15.3 Å². The molecule has 2 heterocycles. The Morgan fingerprint density at radius 3 is 2.53 bits per heavy atom. The number of amides is 1. The van der Waals surface area contributed by atoms with Crippen molar-refractivity contribution >= 4 is 23.1 Å². The van der Waals surface area contributed by atoms with E-state index in [0.717, 1.165) is 11.1 Å². The molecule has 0 saturated heterocycles. The number of hydrogen-bond acceptors (Lipinski definition) is 6. The van der Waals surface area contributed by atoms with Crippen molar-refractivity contribution in [2.45, 2.75) is 27.0 Å². The summed E-state index contributed by atoms with van der Waals surface area (Å²) in [5.41, 5.74) is 2.99. The number of anilines is 1. The van der Waals surface area contributed by atoms with Crippen molar-refractivity contribution in [2.24, 2.45) is 0 Å². The Kier molecular flexibility index (Phi) is 6.55. The van der Waals surface area contributed by atoms with E-state index in [0.29, 0.717) is 16.9 Å². The molecule has 0 atom stereocenters. The van der Waals surface area contributed by atoms with E-state index in [1.807, 2.05) is 31.2 Å². The highest BCUT2D eigenvalue weighted by molar-refractivity contribution is 6.01. The van der Waals surface area contributed by atoms with Gasteiger partial charge in [-0.1, -0.05) is 42.0 Å². The third-order valence-electron chi connectivity index (χ3n) is 5.35. The van der Waals surface area contributed by atoms with Crippen LogP contribution in [0.25, 0.3) is 16.8 Å². The number of nitrogens with one attached hydrogen (secondary N) is 1. The van der Waals surface area contributed by atoms with Gasteiger partial charge in [0.05, 0.1) is 30.2 Å². The van der Waals surface area contributed by atoms with Gasteiger partial charge in [-0.15, -0.1) is 0 Å². The molecule has 1 amide bonds. The van der Waals surface area contributed by atoms with E-state index in [-0.39, 0.29) is 30.8 Å². The molecule has 0 saturated carbocycles. The molecule has 9 heteroatoms. The van der Waals surface area contributed by atoms with E-state index in [1.54, 1.807) is 37.4 Å². The summed E-state index contributed by atoms with van der Waals surface area (Å²) in [5, 5.41) is 17.2. The van der Waals surface area contributed by atoms with E-state index in [4.69, 9.17) is 4.74 Å². The fourth-order valence-electron chi connectivity index (χ4n) is 3.69. The zero-order valence-electron chi connectivity index (χ0n) is 18.8. The van der Waals surface area contributed by atoms with Gasteiger partial charge in [0.2, 0.25) is 5.91 Å². The molecule has 0 bridgehead atoms. The molecule has 0 aliphatic carbocycles. The van der Waals surface area contributed by atoms with Crippen molar-refractivity contribution < 1.29 is 19.4 Å². The minimum Gasteiger partial charge on any atom is -0.462 e. The largest absolute Gasteiger partial charge is 0.462 e. The quantitative estimate of drug-likeness (QED) is 0.410. The molecule has 0 fully saturated rings. The number of ether oxygens (including phenoxy) is 1. The average Bonchev–Trinajstić information content (AvgIpc) is 3.21. The molecule has 2 aromatic heterocycles. The highest BCUT2D eigenvalue weighted by Crippen LogP contribution is 2.25. The van der Waals surface area contributed by atoms with Crippen molar-refractivity contribution in [3.8, 4) is 11.3 Å². The third kappa shape index (κ3) is 4.46. The third-order valence-corrected chi connectivity index (χ3v) is 5.35. The first-order valence-corrected chi connectivity index (χ1v) is 10.8. The van der Waals surface area contributed by atoms with Crippen LogP contribution in [0.2, 0.25) is 0 Å². The zero-order chi connectivity index (χ0) is 24.2. The molecule has 0 unspecified atom stereocenters. The van der Waals surface area contributed by atoms with E-state index < -0.39 is 17.4 Å². The number of fused-ring (bicyclic) bond motifs is 1. The lowest BCUT2D eigenvalue weighted by Gasteiger charge is -2.11. The molecule has 9 nitrogen and oxygen atoms in total. The van der Waals surface area contributed by atoms with Crippen LogP contribution in [-0.4, -0.2) is 37.8 Å². The lowest BCUT2D eigenvalue weighted by Crippen LogP contribution is -2.29. The number of hydrogen-bond donors (Lipinski definition) is 2. The summed E-state index contributed by atoms with van der Waals surface area (Å²) in [7, 11) is 0. The normalized spacial score (nSPS) is 10.9. The van der Waals surface area contributed by atoms with E-state index >= 15 is 0 Å². The first-order chi connectivity index (χ1) is 16.4. The summed E-state index contributed by atoms with van der Waals surface area (Å²) < 4.78 is 7.67. The molecule has 34 heavy (non-hydrogen) atoms.